The molecule has 10 heavy (non-hydrogen) atoms. The van der Waals surface area contributed by atoms with Crippen molar-refractivity contribution in [2.24, 2.45) is 0 Å². The van der Waals surface area contributed by atoms with Crippen molar-refractivity contribution in [3.8, 4) is 0 Å². The normalized spacial score (nSPS) is 22.2. The molecule has 1 fully saturated rings. The maximum atomic E-state index is 9.22. The van der Waals surface area contributed by atoms with Crippen LogP contribution in [0, 0.1) is 0 Å². The number of hydrogen-bond acceptors (Lipinski definition) is 3. The van der Waals surface area contributed by atoms with Crippen LogP contribution in [0.25, 0.3) is 0 Å². The molecule has 3 nitrogen and oxygen atoms in total. The Labute approximate surface area is 61.6 Å². The lowest BCUT2D eigenvalue weighted by Gasteiger charge is -2.32. The third kappa shape index (κ3) is 2.25. The first kappa shape index (κ1) is 7.98. The molecule has 60 valence electrons. The van der Waals surface area contributed by atoms with Gasteiger partial charge in [0.1, 0.15) is 0 Å². The average Bonchev–Trinajstić information content (AvgIpc) is 1.80. The summed E-state index contributed by atoms with van der Waals surface area (Å²) in [7, 11) is 1.61. The van der Waals surface area contributed by atoms with Crippen molar-refractivity contribution in [1.82, 2.24) is 4.90 Å². The molecule has 0 spiro atoms. The summed E-state index contributed by atoms with van der Waals surface area (Å²) in [5, 5.41) is 9.22. The van der Waals surface area contributed by atoms with Crippen LogP contribution in [0.15, 0.2) is 0 Å². The minimum Gasteiger partial charge on any atom is -0.389 e. The van der Waals surface area contributed by atoms with E-state index in [-0.39, 0.29) is 6.10 Å². The monoisotopic (exact) mass is 145 g/mol. The second kappa shape index (κ2) is 3.91. The molecule has 3 heteroatoms. The van der Waals surface area contributed by atoms with Crippen molar-refractivity contribution in [3.63, 3.8) is 0 Å². The lowest BCUT2D eigenvalue weighted by Crippen LogP contribution is -2.43. The highest BCUT2D eigenvalue weighted by molar-refractivity contribution is 4.71. The van der Waals surface area contributed by atoms with Crippen molar-refractivity contribution in [2.45, 2.75) is 12.5 Å². The predicted molar refractivity (Wildman–Crippen MR) is 38.9 cm³/mol. The smallest absolute Gasteiger partial charge is 0.0900 e. The zero-order chi connectivity index (χ0) is 7.40. The maximum Gasteiger partial charge on any atom is 0.0900 e. The average molecular weight is 145 g/mol. The van der Waals surface area contributed by atoms with Gasteiger partial charge in [-0.3, -0.25) is 0 Å². The first-order valence-electron chi connectivity index (χ1n) is 3.72. The number of aliphatic hydroxyl groups excluding tert-OH is 1. The fourth-order valence-electron chi connectivity index (χ4n) is 1.11. The fraction of sp³-hybridized carbons (Fsp3) is 1.00. The lowest BCUT2D eigenvalue weighted by molar-refractivity contribution is 0.0226. The van der Waals surface area contributed by atoms with Crippen LogP contribution in [-0.2, 0) is 4.74 Å². The SMILES string of the molecule is COC[C@@H](O)CN1CCC1. The standard InChI is InChI=1S/C7H15NO2/c1-10-6-7(9)5-8-3-2-4-8/h7,9H,2-6H2,1H3/t7-/m0/s1. The van der Waals surface area contributed by atoms with Gasteiger partial charge in [-0.05, 0) is 19.5 Å². The van der Waals surface area contributed by atoms with Crippen LogP contribution in [0.2, 0.25) is 0 Å². The molecule has 0 aromatic rings. The minimum absolute atomic E-state index is 0.301. The Kier molecular flexibility index (Phi) is 3.12. The zero-order valence-electron chi connectivity index (χ0n) is 6.42. The van der Waals surface area contributed by atoms with Crippen LogP contribution < -0.4 is 0 Å². The first-order chi connectivity index (χ1) is 4.83. The van der Waals surface area contributed by atoms with Crippen molar-refractivity contribution in [1.29, 1.82) is 0 Å². The van der Waals surface area contributed by atoms with Gasteiger partial charge in [-0.25, -0.2) is 0 Å². The van der Waals surface area contributed by atoms with E-state index in [1.807, 2.05) is 0 Å². The maximum absolute atomic E-state index is 9.22. The number of β-amino-alcohol motifs (C(OH)–C–C–N with tert-alkyl or cyclic N) is 1. The minimum atomic E-state index is -0.301. The van der Waals surface area contributed by atoms with Crippen molar-refractivity contribution in [2.75, 3.05) is 33.4 Å². The summed E-state index contributed by atoms with van der Waals surface area (Å²) in [5.74, 6) is 0. The van der Waals surface area contributed by atoms with Crippen LogP contribution in [0.4, 0.5) is 0 Å². The van der Waals surface area contributed by atoms with Crippen LogP contribution in [-0.4, -0.2) is 49.5 Å². The Bertz CT molecular complexity index is 93.6. The van der Waals surface area contributed by atoms with E-state index in [0.29, 0.717) is 6.61 Å². The summed E-state index contributed by atoms with van der Waals surface area (Å²) in [6.45, 7) is 3.51. The Balaban J connectivity index is 1.99. The highest BCUT2D eigenvalue weighted by Gasteiger charge is 2.16. The summed E-state index contributed by atoms with van der Waals surface area (Å²) in [6, 6.07) is 0. The van der Waals surface area contributed by atoms with Gasteiger partial charge >= 0.3 is 0 Å². The summed E-state index contributed by atoms with van der Waals surface area (Å²) < 4.78 is 4.80. The molecule has 0 aromatic heterocycles. The van der Waals surface area contributed by atoms with E-state index < -0.39 is 0 Å². The van der Waals surface area contributed by atoms with Gasteiger partial charge in [0, 0.05) is 13.7 Å². The molecule has 0 aromatic carbocycles. The lowest BCUT2D eigenvalue weighted by atomic mass is 10.2. The third-order valence-electron chi connectivity index (χ3n) is 1.78. The number of ether oxygens (including phenoxy) is 1. The van der Waals surface area contributed by atoms with Gasteiger partial charge in [-0.1, -0.05) is 0 Å². The molecule has 1 rings (SSSR count). The molecule has 0 unspecified atom stereocenters. The second-order valence-corrected chi connectivity index (χ2v) is 2.76. The van der Waals surface area contributed by atoms with Crippen molar-refractivity contribution >= 4 is 0 Å². The topological polar surface area (TPSA) is 32.7 Å². The molecule has 1 atom stereocenters. The number of aliphatic hydroxyl groups is 1. The van der Waals surface area contributed by atoms with E-state index in [1.54, 1.807) is 7.11 Å². The molecule has 1 N–H and O–H groups in total. The molecule has 1 saturated heterocycles. The molecule has 1 aliphatic rings. The Morgan fingerprint density at radius 3 is 2.70 bits per heavy atom. The second-order valence-electron chi connectivity index (χ2n) is 2.76. The molecule has 0 saturated carbocycles. The highest BCUT2D eigenvalue weighted by atomic mass is 16.5. The van der Waals surface area contributed by atoms with Gasteiger partial charge in [0.2, 0.25) is 0 Å². The van der Waals surface area contributed by atoms with Crippen molar-refractivity contribution in [3.05, 3.63) is 0 Å². The van der Waals surface area contributed by atoms with E-state index >= 15 is 0 Å². The van der Waals surface area contributed by atoms with E-state index in [9.17, 15) is 5.11 Å². The molecular weight excluding hydrogens is 130 g/mol. The third-order valence-corrected chi connectivity index (χ3v) is 1.78. The first-order valence-corrected chi connectivity index (χ1v) is 3.72. The quantitative estimate of drug-likeness (QED) is 0.589. The summed E-state index contributed by atoms with van der Waals surface area (Å²) in [4.78, 5) is 2.23. The van der Waals surface area contributed by atoms with Gasteiger partial charge < -0.3 is 14.7 Å². The largest absolute Gasteiger partial charge is 0.389 e. The Morgan fingerprint density at radius 1 is 1.60 bits per heavy atom. The molecule has 0 amide bonds. The number of rotatable bonds is 4. The fourth-order valence-corrected chi connectivity index (χ4v) is 1.11. The van der Waals surface area contributed by atoms with Gasteiger partial charge in [-0.15, -0.1) is 0 Å². The number of nitrogens with zero attached hydrogens (tertiary/aromatic N) is 1. The van der Waals surface area contributed by atoms with E-state index in [1.165, 1.54) is 6.42 Å². The molecule has 1 aliphatic heterocycles. The van der Waals surface area contributed by atoms with E-state index in [4.69, 9.17) is 4.74 Å². The van der Waals surface area contributed by atoms with Crippen molar-refractivity contribution < 1.29 is 9.84 Å². The zero-order valence-corrected chi connectivity index (χ0v) is 6.42. The van der Waals surface area contributed by atoms with Gasteiger partial charge in [0.15, 0.2) is 0 Å². The number of hydrogen-bond donors (Lipinski definition) is 1. The number of likely N-dealkylation sites (tertiary alicyclic amines) is 1. The van der Waals surface area contributed by atoms with Crippen LogP contribution in [0.5, 0.6) is 0 Å². The van der Waals surface area contributed by atoms with Gasteiger partial charge in [0.05, 0.1) is 12.7 Å². The van der Waals surface area contributed by atoms with Gasteiger partial charge in [0.25, 0.3) is 0 Å². The Morgan fingerprint density at radius 2 is 2.30 bits per heavy atom. The molecule has 0 aliphatic carbocycles. The Hall–Kier alpha value is -0.120. The van der Waals surface area contributed by atoms with E-state index in [2.05, 4.69) is 4.90 Å². The summed E-state index contributed by atoms with van der Waals surface area (Å²) in [5.41, 5.74) is 0. The molecule has 1 heterocycles. The molecule has 0 radical (unpaired) electrons. The predicted octanol–water partition coefficient (Wildman–Crippen LogP) is -0.301. The molecule has 0 bridgehead atoms. The molecular formula is C7H15NO2. The van der Waals surface area contributed by atoms with Crippen LogP contribution in [0.1, 0.15) is 6.42 Å². The highest BCUT2D eigenvalue weighted by Crippen LogP contribution is 2.05. The summed E-state index contributed by atoms with van der Waals surface area (Å²) in [6.07, 6.45) is 0.977. The van der Waals surface area contributed by atoms with Crippen LogP contribution in [0.3, 0.4) is 0 Å². The van der Waals surface area contributed by atoms with Crippen LogP contribution >= 0.6 is 0 Å². The summed E-state index contributed by atoms with van der Waals surface area (Å²) >= 11 is 0. The van der Waals surface area contributed by atoms with Gasteiger partial charge in [-0.2, -0.15) is 0 Å². The van der Waals surface area contributed by atoms with E-state index in [0.717, 1.165) is 19.6 Å². The number of methoxy groups -OCH3 is 1.